The van der Waals surface area contributed by atoms with Gasteiger partial charge < -0.3 is 0 Å². The van der Waals surface area contributed by atoms with Crippen LogP contribution in [0.5, 0.6) is 0 Å². The molecule has 2 aliphatic carbocycles. The van der Waals surface area contributed by atoms with Gasteiger partial charge in [0.2, 0.25) is 0 Å². The molecular formula is C18H33N3. The SMILES string of the molecule is CCCNC1(C#N)CCCC(N(CCC(C)C)C2CC2)C1. The molecule has 0 aliphatic heterocycles. The Morgan fingerprint density at radius 1 is 1.29 bits per heavy atom. The Bertz CT molecular complexity index is 356. The Hall–Kier alpha value is -0.590. The van der Waals surface area contributed by atoms with Crippen molar-refractivity contribution in [3.05, 3.63) is 0 Å². The van der Waals surface area contributed by atoms with Crippen molar-refractivity contribution in [1.82, 2.24) is 10.2 Å². The second-order valence-electron chi connectivity index (χ2n) is 7.52. The first-order valence-corrected chi connectivity index (χ1v) is 9.02. The first kappa shape index (κ1) is 16.8. The summed E-state index contributed by atoms with van der Waals surface area (Å²) in [7, 11) is 0. The Labute approximate surface area is 131 Å². The van der Waals surface area contributed by atoms with E-state index in [0.717, 1.165) is 37.8 Å². The van der Waals surface area contributed by atoms with Crippen LogP contribution in [-0.2, 0) is 0 Å². The summed E-state index contributed by atoms with van der Waals surface area (Å²) in [6, 6.07) is 4.06. The van der Waals surface area contributed by atoms with E-state index < -0.39 is 0 Å². The quantitative estimate of drug-likeness (QED) is 0.741. The van der Waals surface area contributed by atoms with Crippen LogP contribution in [0.3, 0.4) is 0 Å². The van der Waals surface area contributed by atoms with E-state index in [0.29, 0.717) is 6.04 Å². The fourth-order valence-corrected chi connectivity index (χ4v) is 3.67. The smallest absolute Gasteiger partial charge is 0.108 e. The lowest BCUT2D eigenvalue weighted by atomic mass is 9.79. The molecule has 3 nitrogen and oxygen atoms in total. The maximum absolute atomic E-state index is 9.71. The summed E-state index contributed by atoms with van der Waals surface area (Å²) in [6.45, 7) is 9.00. The van der Waals surface area contributed by atoms with E-state index in [-0.39, 0.29) is 5.54 Å². The summed E-state index contributed by atoms with van der Waals surface area (Å²) in [6.07, 6.45) is 9.67. The zero-order chi connectivity index (χ0) is 15.3. The van der Waals surface area contributed by atoms with E-state index in [4.69, 9.17) is 0 Å². The molecular weight excluding hydrogens is 258 g/mol. The third-order valence-electron chi connectivity index (χ3n) is 5.10. The van der Waals surface area contributed by atoms with Crippen LogP contribution in [0.4, 0.5) is 0 Å². The molecule has 0 bridgehead atoms. The van der Waals surface area contributed by atoms with Gasteiger partial charge in [-0.05, 0) is 70.4 Å². The predicted molar refractivity (Wildman–Crippen MR) is 88.1 cm³/mol. The van der Waals surface area contributed by atoms with Crippen molar-refractivity contribution >= 4 is 0 Å². The third kappa shape index (κ3) is 4.69. The average Bonchev–Trinajstić information content (AvgIpc) is 3.30. The van der Waals surface area contributed by atoms with Crippen molar-refractivity contribution < 1.29 is 0 Å². The molecule has 0 aromatic carbocycles. The van der Waals surface area contributed by atoms with Gasteiger partial charge in [-0.2, -0.15) is 5.26 Å². The number of hydrogen-bond acceptors (Lipinski definition) is 3. The van der Waals surface area contributed by atoms with Crippen LogP contribution in [0.2, 0.25) is 0 Å². The molecule has 0 aromatic heterocycles. The van der Waals surface area contributed by atoms with E-state index >= 15 is 0 Å². The lowest BCUT2D eigenvalue weighted by Gasteiger charge is -2.42. The molecule has 0 radical (unpaired) electrons. The van der Waals surface area contributed by atoms with Crippen molar-refractivity contribution in [2.45, 2.75) is 89.8 Å². The fourth-order valence-electron chi connectivity index (χ4n) is 3.67. The minimum atomic E-state index is -0.260. The normalized spacial score (nSPS) is 29.8. The number of nitrogens with one attached hydrogen (secondary N) is 1. The van der Waals surface area contributed by atoms with Gasteiger partial charge in [0.15, 0.2) is 0 Å². The Kier molecular flexibility index (Phi) is 6.08. The molecule has 0 saturated heterocycles. The van der Waals surface area contributed by atoms with E-state index in [1.54, 1.807) is 0 Å². The molecule has 2 unspecified atom stereocenters. The largest absolute Gasteiger partial charge is 0.299 e. The van der Waals surface area contributed by atoms with Crippen LogP contribution in [-0.4, -0.2) is 35.6 Å². The zero-order valence-electron chi connectivity index (χ0n) is 14.2. The molecule has 2 atom stereocenters. The first-order valence-electron chi connectivity index (χ1n) is 9.02. The molecule has 2 fully saturated rings. The number of hydrogen-bond donors (Lipinski definition) is 1. The van der Waals surface area contributed by atoms with Crippen LogP contribution >= 0.6 is 0 Å². The second kappa shape index (κ2) is 7.61. The number of rotatable bonds is 8. The molecule has 0 spiro atoms. The zero-order valence-corrected chi connectivity index (χ0v) is 14.2. The molecule has 0 aromatic rings. The molecule has 0 heterocycles. The summed E-state index contributed by atoms with van der Waals surface area (Å²) >= 11 is 0. The summed E-state index contributed by atoms with van der Waals surface area (Å²) in [5.74, 6) is 0.772. The van der Waals surface area contributed by atoms with Crippen LogP contribution in [0.1, 0.15) is 72.1 Å². The van der Waals surface area contributed by atoms with Gasteiger partial charge >= 0.3 is 0 Å². The maximum Gasteiger partial charge on any atom is 0.108 e. The van der Waals surface area contributed by atoms with Gasteiger partial charge in [0, 0.05) is 12.1 Å². The van der Waals surface area contributed by atoms with Crippen LogP contribution in [0.25, 0.3) is 0 Å². The minimum Gasteiger partial charge on any atom is -0.299 e. The lowest BCUT2D eigenvalue weighted by molar-refractivity contribution is 0.107. The fraction of sp³-hybridized carbons (Fsp3) is 0.944. The second-order valence-corrected chi connectivity index (χ2v) is 7.52. The highest BCUT2D eigenvalue weighted by Crippen LogP contribution is 2.37. The number of nitriles is 1. The molecule has 2 rings (SSSR count). The van der Waals surface area contributed by atoms with Gasteiger partial charge in [-0.3, -0.25) is 10.2 Å². The highest BCUT2D eigenvalue weighted by atomic mass is 15.2. The lowest BCUT2D eigenvalue weighted by Crippen LogP contribution is -2.53. The van der Waals surface area contributed by atoms with E-state index in [1.807, 2.05) is 0 Å². The highest BCUT2D eigenvalue weighted by Gasteiger charge is 2.41. The predicted octanol–water partition coefficient (Wildman–Crippen LogP) is 3.70. The van der Waals surface area contributed by atoms with Crippen molar-refractivity contribution in [3.63, 3.8) is 0 Å². The summed E-state index contributed by atoms with van der Waals surface area (Å²) < 4.78 is 0. The van der Waals surface area contributed by atoms with E-state index in [1.165, 1.54) is 38.6 Å². The maximum atomic E-state index is 9.71. The van der Waals surface area contributed by atoms with Gasteiger partial charge in [-0.15, -0.1) is 0 Å². The topological polar surface area (TPSA) is 39.1 Å². The Balaban J connectivity index is 1.98. The summed E-state index contributed by atoms with van der Waals surface area (Å²) in [5.41, 5.74) is -0.260. The molecule has 120 valence electrons. The van der Waals surface area contributed by atoms with Crippen molar-refractivity contribution in [2.24, 2.45) is 5.92 Å². The monoisotopic (exact) mass is 291 g/mol. The standard InChI is InChI=1S/C18H33N3/c1-4-11-20-18(14-19)10-5-6-17(13-18)21(16-7-8-16)12-9-15(2)3/h15-17,20H,4-13H2,1-3H3. The van der Waals surface area contributed by atoms with Crippen molar-refractivity contribution in [2.75, 3.05) is 13.1 Å². The van der Waals surface area contributed by atoms with Gasteiger partial charge in [-0.1, -0.05) is 20.8 Å². The summed E-state index contributed by atoms with van der Waals surface area (Å²) in [4.78, 5) is 2.75. The van der Waals surface area contributed by atoms with Gasteiger partial charge in [0.05, 0.1) is 6.07 Å². The molecule has 21 heavy (non-hydrogen) atoms. The average molecular weight is 291 g/mol. The van der Waals surface area contributed by atoms with E-state index in [9.17, 15) is 5.26 Å². The minimum absolute atomic E-state index is 0.260. The number of nitrogens with zero attached hydrogens (tertiary/aromatic N) is 2. The third-order valence-corrected chi connectivity index (χ3v) is 5.10. The van der Waals surface area contributed by atoms with Gasteiger partial charge in [-0.25, -0.2) is 0 Å². The van der Waals surface area contributed by atoms with Gasteiger partial charge in [0.25, 0.3) is 0 Å². The highest BCUT2D eigenvalue weighted by molar-refractivity contribution is 5.11. The molecule has 2 aliphatic rings. The molecule has 1 N–H and O–H groups in total. The van der Waals surface area contributed by atoms with Crippen LogP contribution in [0, 0.1) is 17.2 Å². The molecule has 3 heteroatoms. The first-order chi connectivity index (χ1) is 10.1. The van der Waals surface area contributed by atoms with Crippen LogP contribution in [0.15, 0.2) is 0 Å². The van der Waals surface area contributed by atoms with E-state index in [2.05, 4.69) is 37.1 Å². The Morgan fingerprint density at radius 3 is 2.62 bits per heavy atom. The Morgan fingerprint density at radius 2 is 2.05 bits per heavy atom. The molecule has 0 amide bonds. The summed E-state index contributed by atoms with van der Waals surface area (Å²) in [5, 5.41) is 13.3. The van der Waals surface area contributed by atoms with Gasteiger partial charge in [0.1, 0.15) is 5.54 Å². The van der Waals surface area contributed by atoms with Crippen molar-refractivity contribution in [3.8, 4) is 6.07 Å². The molecule has 2 saturated carbocycles. The van der Waals surface area contributed by atoms with Crippen molar-refractivity contribution in [1.29, 1.82) is 5.26 Å². The van der Waals surface area contributed by atoms with Crippen LogP contribution < -0.4 is 5.32 Å².